The molecule has 0 spiro atoms. The lowest BCUT2D eigenvalue weighted by Gasteiger charge is -2.06. The number of aromatic amines is 1. The largest absolute Gasteiger partial charge is 0.323 e. The Balaban J connectivity index is 2.05. The third-order valence-electron chi connectivity index (χ3n) is 1.93. The minimum atomic E-state index is -0.714. The number of amides is 2. The number of carbonyl (C=O) groups excluding carboxylic acids is 1. The van der Waals surface area contributed by atoms with Crippen molar-refractivity contribution in [1.29, 1.82) is 0 Å². The first-order valence-electron chi connectivity index (χ1n) is 4.67. The molecule has 0 saturated heterocycles. The fourth-order valence-corrected chi connectivity index (χ4v) is 1.20. The maximum atomic E-state index is 13.2. The zero-order valence-electron chi connectivity index (χ0n) is 8.50. The Kier molecular flexibility index (Phi) is 2.99. The van der Waals surface area contributed by atoms with E-state index < -0.39 is 17.7 Å². The van der Waals surface area contributed by atoms with E-state index in [4.69, 9.17) is 0 Å². The maximum absolute atomic E-state index is 13.2. The van der Waals surface area contributed by atoms with Gasteiger partial charge in [-0.05, 0) is 12.1 Å². The van der Waals surface area contributed by atoms with Gasteiger partial charge in [-0.15, -0.1) is 0 Å². The fraction of sp³-hybridized carbons (Fsp3) is 0. The highest BCUT2D eigenvalue weighted by atomic mass is 19.1. The van der Waals surface area contributed by atoms with Gasteiger partial charge >= 0.3 is 6.03 Å². The highest BCUT2D eigenvalue weighted by molar-refractivity contribution is 5.99. The van der Waals surface area contributed by atoms with Crippen molar-refractivity contribution in [2.45, 2.75) is 0 Å². The second-order valence-corrected chi connectivity index (χ2v) is 3.19. The van der Waals surface area contributed by atoms with Gasteiger partial charge < -0.3 is 10.6 Å². The van der Waals surface area contributed by atoms with Crippen LogP contribution in [0.4, 0.5) is 25.0 Å². The second kappa shape index (κ2) is 4.60. The summed E-state index contributed by atoms with van der Waals surface area (Å²) in [6, 6.07) is 2.11. The molecule has 0 saturated carbocycles. The number of halogens is 2. The molecule has 5 nitrogen and oxygen atoms in total. The van der Waals surface area contributed by atoms with E-state index in [0.717, 1.165) is 18.2 Å². The van der Waals surface area contributed by atoms with Crippen LogP contribution in [0.5, 0.6) is 0 Å². The van der Waals surface area contributed by atoms with E-state index in [1.165, 1.54) is 12.4 Å². The molecule has 0 radical (unpaired) electrons. The summed E-state index contributed by atoms with van der Waals surface area (Å²) in [6.45, 7) is 0. The van der Waals surface area contributed by atoms with Crippen LogP contribution in [0, 0.1) is 11.6 Å². The average molecular weight is 238 g/mol. The number of hydrogen-bond donors (Lipinski definition) is 3. The molecular weight excluding hydrogens is 230 g/mol. The van der Waals surface area contributed by atoms with E-state index in [9.17, 15) is 13.6 Å². The SMILES string of the molecule is O=C(Nc1cn[nH]c1)Nc1cc(F)ccc1F. The molecular formula is C10H8F2N4O. The first kappa shape index (κ1) is 11.1. The predicted octanol–water partition coefficient (Wildman–Crippen LogP) is 2.33. The van der Waals surface area contributed by atoms with Crippen molar-refractivity contribution in [3.63, 3.8) is 0 Å². The Bertz CT molecular complexity index is 527. The Morgan fingerprint density at radius 2 is 2.12 bits per heavy atom. The zero-order chi connectivity index (χ0) is 12.3. The van der Waals surface area contributed by atoms with Gasteiger partial charge in [0.1, 0.15) is 11.6 Å². The number of rotatable bonds is 2. The van der Waals surface area contributed by atoms with E-state index >= 15 is 0 Å². The van der Waals surface area contributed by atoms with Crippen LogP contribution in [0.3, 0.4) is 0 Å². The molecule has 0 aliphatic heterocycles. The molecule has 1 heterocycles. The van der Waals surface area contributed by atoms with Crippen molar-refractivity contribution in [1.82, 2.24) is 10.2 Å². The minimum Gasteiger partial charge on any atom is -0.305 e. The van der Waals surface area contributed by atoms with Crippen molar-refractivity contribution < 1.29 is 13.6 Å². The van der Waals surface area contributed by atoms with Gasteiger partial charge in [-0.25, -0.2) is 13.6 Å². The average Bonchev–Trinajstić information content (AvgIpc) is 2.76. The van der Waals surface area contributed by atoms with Crippen molar-refractivity contribution in [2.75, 3.05) is 10.6 Å². The standard InChI is InChI=1S/C10H8F2N4O/c11-6-1-2-8(12)9(3-6)16-10(17)15-7-4-13-14-5-7/h1-5H,(H,13,14)(H2,15,16,17). The summed E-state index contributed by atoms with van der Waals surface area (Å²) in [4.78, 5) is 11.4. The van der Waals surface area contributed by atoms with Crippen molar-refractivity contribution in [2.24, 2.45) is 0 Å². The number of benzene rings is 1. The number of hydrogen-bond acceptors (Lipinski definition) is 2. The minimum absolute atomic E-state index is 0.231. The number of aromatic nitrogens is 2. The summed E-state index contributed by atoms with van der Waals surface area (Å²) < 4.78 is 26.0. The number of anilines is 2. The maximum Gasteiger partial charge on any atom is 0.323 e. The Hall–Kier alpha value is -2.44. The summed E-state index contributed by atoms with van der Waals surface area (Å²) >= 11 is 0. The lowest BCUT2D eigenvalue weighted by molar-refractivity contribution is 0.262. The topological polar surface area (TPSA) is 69.8 Å². The van der Waals surface area contributed by atoms with Gasteiger partial charge in [-0.3, -0.25) is 5.10 Å². The molecule has 7 heteroatoms. The Morgan fingerprint density at radius 3 is 2.82 bits per heavy atom. The van der Waals surface area contributed by atoms with E-state index in [-0.39, 0.29) is 5.69 Å². The first-order chi connectivity index (χ1) is 8.15. The number of urea groups is 1. The van der Waals surface area contributed by atoms with Crippen LogP contribution in [-0.2, 0) is 0 Å². The summed E-state index contributed by atoms with van der Waals surface area (Å²) in [6.07, 6.45) is 2.82. The Morgan fingerprint density at radius 1 is 1.29 bits per heavy atom. The molecule has 1 aromatic carbocycles. The Labute approximate surface area is 94.8 Å². The molecule has 0 aliphatic carbocycles. The smallest absolute Gasteiger partial charge is 0.305 e. The fourth-order valence-electron chi connectivity index (χ4n) is 1.20. The molecule has 88 valence electrons. The molecule has 0 unspecified atom stereocenters. The molecule has 17 heavy (non-hydrogen) atoms. The molecule has 2 rings (SSSR count). The number of H-pyrrole nitrogens is 1. The van der Waals surface area contributed by atoms with Crippen LogP contribution in [0.25, 0.3) is 0 Å². The zero-order valence-corrected chi connectivity index (χ0v) is 8.50. The van der Waals surface area contributed by atoms with E-state index in [1.54, 1.807) is 0 Å². The van der Waals surface area contributed by atoms with Gasteiger partial charge in [0, 0.05) is 12.3 Å². The monoisotopic (exact) mass is 238 g/mol. The molecule has 0 aliphatic rings. The lowest BCUT2D eigenvalue weighted by Crippen LogP contribution is -2.19. The van der Waals surface area contributed by atoms with Gasteiger partial charge in [-0.2, -0.15) is 5.10 Å². The molecule has 0 atom stereocenters. The molecule has 1 aromatic heterocycles. The first-order valence-corrected chi connectivity index (χ1v) is 4.67. The number of carbonyl (C=O) groups is 1. The van der Waals surface area contributed by atoms with Crippen molar-refractivity contribution in [3.8, 4) is 0 Å². The van der Waals surface area contributed by atoms with Gasteiger partial charge in [0.2, 0.25) is 0 Å². The molecule has 2 amide bonds. The molecule has 0 fully saturated rings. The van der Waals surface area contributed by atoms with Gasteiger partial charge in [-0.1, -0.05) is 0 Å². The normalized spacial score (nSPS) is 10.0. The van der Waals surface area contributed by atoms with Crippen LogP contribution in [0.15, 0.2) is 30.6 Å². The summed E-state index contributed by atoms with van der Waals surface area (Å²) in [5.74, 6) is -1.35. The quantitative estimate of drug-likeness (QED) is 0.751. The summed E-state index contributed by atoms with van der Waals surface area (Å²) in [5.41, 5.74) is 0.185. The molecule has 3 N–H and O–H groups in total. The number of nitrogens with one attached hydrogen (secondary N) is 3. The van der Waals surface area contributed by atoms with Crippen LogP contribution >= 0.6 is 0 Å². The van der Waals surface area contributed by atoms with Gasteiger partial charge in [0.05, 0.1) is 17.6 Å². The third-order valence-corrected chi connectivity index (χ3v) is 1.93. The number of nitrogens with zero attached hydrogens (tertiary/aromatic N) is 1. The second-order valence-electron chi connectivity index (χ2n) is 3.19. The van der Waals surface area contributed by atoms with Crippen LogP contribution in [0.1, 0.15) is 0 Å². The van der Waals surface area contributed by atoms with E-state index in [1.807, 2.05) is 0 Å². The van der Waals surface area contributed by atoms with Gasteiger partial charge in [0.25, 0.3) is 0 Å². The van der Waals surface area contributed by atoms with Crippen molar-refractivity contribution in [3.05, 3.63) is 42.2 Å². The van der Waals surface area contributed by atoms with Crippen LogP contribution in [-0.4, -0.2) is 16.2 Å². The highest BCUT2D eigenvalue weighted by Gasteiger charge is 2.08. The van der Waals surface area contributed by atoms with Crippen LogP contribution < -0.4 is 10.6 Å². The van der Waals surface area contributed by atoms with Crippen molar-refractivity contribution >= 4 is 17.4 Å². The summed E-state index contributed by atoms with van der Waals surface area (Å²) in [7, 11) is 0. The van der Waals surface area contributed by atoms with Crippen LogP contribution in [0.2, 0.25) is 0 Å². The summed E-state index contributed by atoms with van der Waals surface area (Å²) in [5, 5.41) is 10.7. The van der Waals surface area contributed by atoms with E-state index in [0.29, 0.717) is 5.69 Å². The molecule has 0 bridgehead atoms. The highest BCUT2D eigenvalue weighted by Crippen LogP contribution is 2.15. The lowest BCUT2D eigenvalue weighted by atomic mass is 10.3. The van der Waals surface area contributed by atoms with E-state index in [2.05, 4.69) is 20.8 Å². The third kappa shape index (κ3) is 2.77. The predicted molar refractivity (Wildman–Crippen MR) is 57.6 cm³/mol. The molecule has 2 aromatic rings. The van der Waals surface area contributed by atoms with Gasteiger partial charge in [0.15, 0.2) is 0 Å².